The van der Waals surface area contributed by atoms with Gasteiger partial charge in [0.15, 0.2) is 11.5 Å². The average Bonchev–Trinajstić information content (AvgIpc) is 3.10. The number of amides is 2. The summed E-state index contributed by atoms with van der Waals surface area (Å²) in [4.78, 5) is 26.4. The lowest BCUT2D eigenvalue weighted by Crippen LogP contribution is -2.47. The first-order chi connectivity index (χ1) is 12.7. The van der Waals surface area contributed by atoms with Gasteiger partial charge in [-0.3, -0.25) is 9.69 Å². The Labute approximate surface area is 161 Å². The van der Waals surface area contributed by atoms with Crippen LogP contribution in [0.1, 0.15) is 39.2 Å². The lowest BCUT2D eigenvalue weighted by atomic mass is 10.1. The Bertz CT molecular complexity index is 669. The van der Waals surface area contributed by atoms with Gasteiger partial charge in [0.2, 0.25) is 5.91 Å². The minimum Gasteiger partial charge on any atom is -0.493 e. The van der Waals surface area contributed by atoms with E-state index < -0.39 is 17.7 Å². The van der Waals surface area contributed by atoms with E-state index in [0.717, 1.165) is 12.0 Å². The molecule has 2 rings (SSSR count). The van der Waals surface area contributed by atoms with Gasteiger partial charge < -0.3 is 19.5 Å². The van der Waals surface area contributed by atoms with Crippen molar-refractivity contribution in [1.82, 2.24) is 10.2 Å². The molecule has 150 valence electrons. The monoisotopic (exact) mass is 378 g/mol. The van der Waals surface area contributed by atoms with Gasteiger partial charge in [0.05, 0.1) is 14.2 Å². The van der Waals surface area contributed by atoms with Crippen LogP contribution in [0, 0.1) is 0 Å². The van der Waals surface area contributed by atoms with Crippen LogP contribution in [0.15, 0.2) is 18.2 Å². The molecule has 0 unspecified atom stereocenters. The van der Waals surface area contributed by atoms with E-state index in [1.165, 1.54) is 4.90 Å². The molecule has 1 aliphatic heterocycles. The van der Waals surface area contributed by atoms with Crippen LogP contribution < -0.4 is 14.8 Å². The van der Waals surface area contributed by atoms with Gasteiger partial charge in [-0.05, 0) is 57.7 Å². The van der Waals surface area contributed by atoms with Crippen molar-refractivity contribution in [3.63, 3.8) is 0 Å². The molecule has 1 aromatic rings. The van der Waals surface area contributed by atoms with Crippen molar-refractivity contribution in [1.29, 1.82) is 0 Å². The predicted octanol–water partition coefficient (Wildman–Crippen LogP) is 2.76. The smallest absolute Gasteiger partial charge is 0.410 e. The highest BCUT2D eigenvalue weighted by Gasteiger charge is 2.36. The highest BCUT2D eigenvalue weighted by molar-refractivity contribution is 5.86. The van der Waals surface area contributed by atoms with E-state index in [-0.39, 0.29) is 5.91 Å². The molecule has 1 aliphatic rings. The summed E-state index contributed by atoms with van der Waals surface area (Å²) in [7, 11) is 3.19. The second-order valence-electron chi connectivity index (χ2n) is 7.56. The second-order valence-corrected chi connectivity index (χ2v) is 7.56. The Hall–Kier alpha value is -2.44. The molecule has 0 saturated carbocycles. The van der Waals surface area contributed by atoms with Crippen molar-refractivity contribution < 1.29 is 23.8 Å². The van der Waals surface area contributed by atoms with Gasteiger partial charge in [-0.25, -0.2) is 4.79 Å². The molecule has 1 aromatic carbocycles. The fraction of sp³-hybridized carbons (Fsp3) is 0.600. The molecule has 0 aromatic heterocycles. The Kier molecular flexibility index (Phi) is 6.93. The van der Waals surface area contributed by atoms with Gasteiger partial charge >= 0.3 is 6.09 Å². The summed E-state index contributed by atoms with van der Waals surface area (Å²) in [6, 6.07) is 5.21. The van der Waals surface area contributed by atoms with Crippen LogP contribution in [-0.4, -0.2) is 55.9 Å². The first-order valence-corrected chi connectivity index (χ1v) is 9.23. The number of ether oxygens (including phenoxy) is 3. The number of likely N-dealkylation sites (tertiary alicyclic amines) is 1. The summed E-state index contributed by atoms with van der Waals surface area (Å²) in [5.74, 6) is 1.19. The molecular formula is C20H30N2O5. The molecule has 0 bridgehead atoms. The van der Waals surface area contributed by atoms with E-state index in [9.17, 15) is 9.59 Å². The first-order valence-electron chi connectivity index (χ1n) is 9.23. The van der Waals surface area contributed by atoms with Crippen molar-refractivity contribution in [3.8, 4) is 11.5 Å². The number of hydrogen-bond donors (Lipinski definition) is 1. The van der Waals surface area contributed by atoms with Gasteiger partial charge in [-0.2, -0.15) is 0 Å². The molecule has 7 nitrogen and oxygen atoms in total. The number of methoxy groups -OCH3 is 2. The lowest BCUT2D eigenvalue weighted by molar-refractivity contribution is -0.125. The summed E-state index contributed by atoms with van der Waals surface area (Å²) < 4.78 is 15.9. The van der Waals surface area contributed by atoms with E-state index in [4.69, 9.17) is 14.2 Å². The van der Waals surface area contributed by atoms with Crippen molar-refractivity contribution in [3.05, 3.63) is 23.8 Å². The molecule has 0 aliphatic carbocycles. The molecule has 1 atom stereocenters. The largest absolute Gasteiger partial charge is 0.493 e. The van der Waals surface area contributed by atoms with Crippen LogP contribution in [0.25, 0.3) is 0 Å². The number of benzene rings is 1. The van der Waals surface area contributed by atoms with Crippen LogP contribution >= 0.6 is 0 Å². The van der Waals surface area contributed by atoms with Crippen LogP contribution in [0.3, 0.4) is 0 Å². The van der Waals surface area contributed by atoms with Crippen LogP contribution in [0.4, 0.5) is 4.79 Å². The quantitative estimate of drug-likeness (QED) is 0.824. The van der Waals surface area contributed by atoms with Gasteiger partial charge in [0.25, 0.3) is 0 Å². The molecule has 2 amide bonds. The van der Waals surface area contributed by atoms with Gasteiger partial charge in [0, 0.05) is 13.1 Å². The number of nitrogens with zero attached hydrogens (tertiary/aromatic N) is 1. The molecule has 1 N–H and O–H groups in total. The zero-order chi connectivity index (χ0) is 20.0. The normalized spacial score (nSPS) is 16.8. The Balaban J connectivity index is 1.88. The van der Waals surface area contributed by atoms with Crippen molar-refractivity contribution >= 4 is 12.0 Å². The van der Waals surface area contributed by atoms with Crippen molar-refractivity contribution in [2.75, 3.05) is 27.3 Å². The zero-order valence-electron chi connectivity index (χ0n) is 16.8. The SMILES string of the molecule is COc1ccc(CCNC(=O)[C@H]2CCCN2C(=O)OC(C)(C)C)cc1OC. The molecule has 1 fully saturated rings. The fourth-order valence-corrected chi connectivity index (χ4v) is 3.06. The number of hydrogen-bond acceptors (Lipinski definition) is 5. The molecular weight excluding hydrogens is 348 g/mol. The van der Waals surface area contributed by atoms with Gasteiger partial charge in [0.1, 0.15) is 11.6 Å². The third-order valence-corrected chi connectivity index (χ3v) is 4.34. The van der Waals surface area contributed by atoms with E-state index in [1.807, 2.05) is 39.0 Å². The maximum Gasteiger partial charge on any atom is 0.410 e. The molecule has 7 heteroatoms. The summed E-state index contributed by atoms with van der Waals surface area (Å²) >= 11 is 0. The maximum atomic E-state index is 12.5. The van der Waals surface area contributed by atoms with E-state index in [0.29, 0.717) is 37.4 Å². The third-order valence-electron chi connectivity index (χ3n) is 4.34. The topological polar surface area (TPSA) is 77.1 Å². The summed E-state index contributed by atoms with van der Waals surface area (Å²) in [5.41, 5.74) is 0.456. The Morgan fingerprint density at radius 1 is 1.19 bits per heavy atom. The summed E-state index contributed by atoms with van der Waals surface area (Å²) in [5, 5.41) is 2.93. The predicted molar refractivity (Wildman–Crippen MR) is 102 cm³/mol. The van der Waals surface area contributed by atoms with E-state index >= 15 is 0 Å². The molecule has 1 heterocycles. The highest BCUT2D eigenvalue weighted by atomic mass is 16.6. The first kappa shape index (κ1) is 20.9. The zero-order valence-corrected chi connectivity index (χ0v) is 16.8. The van der Waals surface area contributed by atoms with Gasteiger partial charge in [-0.1, -0.05) is 6.07 Å². The number of carbonyl (C=O) groups is 2. The maximum absolute atomic E-state index is 12.5. The number of carbonyl (C=O) groups excluding carboxylic acids is 2. The van der Waals surface area contributed by atoms with Crippen molar-refractivity contribution in [2.45, 2.75) is 51.7 Å². The fourth-order valence-electron chi connectivity index (χ4n) is 3.06. The standard InChI is InChI=1S/C20H30N2O5/c1-20(2,3)27-19(24)22-12-6-7-15(22)18(23)21-11-10-14-8-9-16(25-4)17(13-14)26-5/h8-9,13,15H,6-7,10-12H2,1-5H3,(H,21,23)/t15-/m1/s1. The average molecular weight is 378 g/mol. The summed E-state index contributed by atoms with van der Waals surface area (Å²) in [6.45, 7) is 6.48. The molecule has 0 radical (unpaired) electrons. The molecule has 0 spiro atoms. The van der Waals surface area contributed by atoms with E-state index in [2.05, 4.69) is 5.32 Å². The van der Waals surface area contributed by atoms with Crippen LogP contribution in [-0.2, 0) is 16.0 Å². The van der Waals surface area contributed by atoms with Crippen molar-refractivity contribution in [2.24, 2.45) is 0 Å². The minimum atomic E-state index is -0.575. The van der Waals surface area contributed by atoms with Gasteiger partial charge in [-0.15, -0.1) is 0 Å². The molecule has 1 saturated heterocycles. The summed E-state index contributed by atoms with van der Waals surface area (Å²) in [6.07, 6.45) is 1.68. The number of rotatable bonds is 6. The third kappa shape index (κ3) is 5.77. The Morgan fingerprint density at radius 2 is 1.89 bits per heavy atom. The second kappa shape index (κ2) is 8.97. The minimum absolute atomic E-state index is 0.140. The van der Waals surface area contributed by atoms with Crippen LogP contribution in [0.5, 0.6) is 11.5 Å². The molecule has 27 heavy (non-hydrogen) atoms. The van der Waals surface area contributed by atoms with E-state index in [1.54, 1.807) is 14.2 Å². The Morgan fingerprint density at radius 3 is 2.52 bits per heavy atom. The highest BCUT2D eigenvalue weighted by Crippen LogP contribution is 2.27. The lowest BCUT2D eigenvalue weighted by Gasteiger charge is -2.28. The van der Waals surface area contributed by atoms with Crippen LogP contribution in [0.2, 0.25) is 0 Å². The number of nitrogens with one attached hydrogen (secondary N) is 1.